The monoisotopic (exact) mass is 255 g/mol. The Kier molecular flexibility index (Phi) is 4.45. The topological polar surface area (TPSA) is 35.2 Å². The maximum Gasteiger partial charge on any atom is 0.141 e. The van der Waals surface area contributed by atoms with Crippen molar-refractivity contribution in [2.45, 2.75) is 26.2 Å². The fraction of sp³-hybridized carbons (Fsp3) is 0.294. The Bertz CT molecular complexity index is 531. The van der Waals surface area contributed by atoms with Crippen molar-refractivity contribution in [2.75, 3.05) is 12.8 Å². The Morgan fingerprint density at radius 1 is 1.00 bits per heavy atom. The van der Waals surface area contributed by atoms with E-state index in [0.717, 1.165) is 17.7 Å². The van der Waals surface area contributed by atoms with Crippen molar-refractivity contribution >= 4 is 5.69 Å². The van der Waals surface area contributed by atoms with Gasteiger partial charge in [-0.1, -0.05) is 43.7 Å². The molecule has 0 radical (unpaired) electrons. The molecule has 0 fully saturated rings. The number of nitrogen functional groups attached to an aromatic ring is 1. The molecule has 0 aliphatic rings. The van der Waals surface area contributed by atoms with Crippen molar-refractivity contribution < 1.29 is 4.74 Å². The van der Waals surface area contributed by atoms with Crippen LogP contribution in [0.25, 0.3) is 11.1 Å². The Morgan fingerprint density at radius 3 is 2.26 bits per heavy atom. The van der Waals surface area contributed by atoms with Gasteiger partial charge in [0.15, 0.2) is 0 Å². The lowest BCUT2D eigenvalue weighted by atomic mass is 10.0. The molecule has 0 heterocycles. The predicted molar refractivity (Wildman–Crippen MR) is 81.5 cm³/mol. The van der Waals surface area contributed by atoms with Crippen LogP contribution in [0.15, 0.2) is 42.5 Å². The van der Waals surface area contributed by atoms with Crippen LogP contribution in [0.4, 0.5) is 5.69 Å². The molecule has 2 nitrogen and oxygen atoms in total. The number of hydrogen-bond donors (Lipinski definition) is 1. The molecule has 0 bridgehead atoms. The van der Waals surface area contributed by atoms with E-state index in [1.165, 1.54) is 24.0 Å². The first-order valence-electron chi connectivity index (χ1n) is 6.77. The number of benzene rings is 2. The second-order valence-corrected chi connectivity index (χ2v) is 4.76. The van der Waals surface area contributed by atoms with Gasteiger partial charge in [0.05, 0.1) is 12.8 Å². The van der Waals surface area contributed by atoms with E-state index in [1.807, 2.05) is 18.2 Å². The van der Waals surface area contributed by atoms with E-state index in [0.29, 0.717) is 5.69 Å². The van der Waals surface area contributed by atoms with E-state index < -0.39 is 0 Å². The first-order valence-corrected chi connectivity index (χ1v) is 6.77. The molecule has 0 unspecified atom stereocenters. The molecule has 0 saturated heterocycles. The quantitative estimate of drug-likeness (QED) is 0.809. The van der Waals surface area contributed by atoms with Gasteiger partial charge in [-0.25, -0.2) is 0 Å². The van der Waals surface area contributed by atoms with Gasteiger partial charge in [0.25, 0.3) is 0 Å². The lowest BCUT2D eigenvalue weighted by Crippen LogP contribution is -1.92. The smallest absolute Gasteiger partial charge is 0.141 e. The molecular formula is C17H21NO. The van der Waals surface area contributed by atoms with Gasteiger partial charge in [-0.15, -0.1) is 0 Å². The molecular weight excluding hydrogens is 234 g/mol. The molecule has 2 heteroatoms. The highest BCUT2D eigenvalue weighted by molar-refractivity contribution is 5.70. The fourth-order valence-electron chi connectivity index (χ4n) is 2.16. The highest BCUT2D eigenvalue weighted by atomic mass is 16.5. The Morgan fingerprint density at radius 2 is 1.68 bits per heavy atom. The molecule has 19 heavy (non-hydrogen) atoms. The second-order valence-electron chi connectivity index (χ2n) is 4.76. The summed E-state index contributed by atoms with van der Waals surface area (Å²) in [5.41, 5.74) is 10.3. The van der Waals surface area contributed by atoms with Crippen molar-refractivity contribution in [3.05, 3.63) is 48.0 Å². The maximum absolute atomic E-state index is 5.94. The number of hydrogen-bond acceptors (Lipinski definition) is 2. The third-order valence-electron chi connectivity index (χ3n) is 3.34. The zero-order valence-electron chi connectivity index (χ0n) is 11.6. The van der Waals surface area contributed by atoms with Crippen molar-refractivity contribution in [3.8, 4) is 16.9 Å². The molecule has 0 aromatic heterocycles. The van der Waals surface area contributed by atoms with Gasteiger partial charge in [-0.3, -0.25) is 0 Å². The van der Waals surface area contributed by atoms with Crippen molar-refractivity contribution in [1.29, 1.82) is 0 Å². The van der Waals surface area contributed by atoms with Gasteiger partial charge in [0, 0.05) is 0 Å². The Labute approximate surface area is 115 Å². The van der Waals surface area contributed by atoms with E-state index in [1.54, 1.807) is 7.11 Å². The molecule has 2 aromatic rings. The first-order chi connectivity index (χ1) is 9.24. The summed E-state index contributed by atoms with van der Waals surface area (Å²) in [6.07, 6.45) is 3.63. The third-order valence-corrected chi connectivity index (χ3v) is 3.34. The molecule has 0 spiro atoms. The van der Waals surface area contributed by atoms with Gasteiger partial charge in [0.2, 0.25) is 0 Å². The van der Waals surface area contributed by atoms with Gasteiger partial charge in [-0.05, 0) is 41.7 Å². The van der Waals surface area contributed by atoms with Crippen LogP contribution in [-0.4, -0.2) is 7.11 Å². The third kappa shape index (κ3) is 3.28. The van der Waals surface area contributed by atoms with Crippen LogP contribution >= 0.6 is 0 Å². The molecule has 2 rings (SSSR count). The highest BCUT2D eigenvalue weighted by Gasteiger charge is 2.03. The molecule has 2 N–H and O–H groups in total. The van der Waals surface area contributed by atoms with Crippen LogP contribution in [-0.2, 0) is 6.42 Å². The lowest BCUT2D eigenvalue weighted by Gasteiger charge is -2.08. The van der Waals surface area contributed by atoms with Crippen LogP contribution in [0.5, 0.6) is 5.75 Å². The molecule has 0 aliphatic carbocycles. The van der Waals surface area contributed by atoms with Crippen LogP contribution in [0.3, 0.4) is 0 Å². The summed E-state index contributed by atoms with van der Waals surface area (Å²) in [4.78, 5) is 0. The molecule has 100 valence electrons. The van der Waals surface area contributed by atoms with Gasteiger partial charge >= 0.3 is 0 Å². The van der Waals surface area contributed by atoms with E-state index in [2.05, 4.69) is 31.2 Å². The molecule has 2 aromatic carbocycles. The highest BCUT2D eigenvalue weighted by Crippen LogP contribution is 2.28. The number of unbranched alkanes of at least 4 members (excludes halogenated alkanes) is 1. The van der Waals surface area contributed by atoms with E-state index in [9.17, 15) is 0 Å². The number of methoxy groups -OCH3 is 1. The van der Waals surface area contributed by atoms with Crippen molar-refractivity contribution in [3.63, 3.8) is 0 Å². The number of aryl methyl sites for hydroxylation is 1. The van der Waals surface area contributed by atoms with Crippen LogP contribution in [0.2, 0.25) is 0 Å². The van der Waals surface area contributed by atoms with E-state index in [-0.39, 0.29) is 0 Å². The Hall–Kier alpha value is -1.96. The number of ether oxygens (including phenoxy) is 1. The normalized spacial score (nSPS) is 10.4. The van der Waals surface area contributed by atoms with Crippen LogP contribution in [0, 0.1) is 0 Å². The minimum atomic E-state index is 0.676. The summed E-state index contributed by atoms with van der Waals surface area (Å²) >= 11 is 0. The molecule has 0 aliphatic heterocycles. The van der Waals surface area contributed by atoms with E-state index in [4.69, 9.17) is 10.5 Å². The second kappa shape index (κ2) is 6.28. The summed E-state index contributed by atoms with van der Waals surface area (Å²) in [6.45, 7) is 2.22. The minimum absolute atomic E-state index is 0.676. The van der Waals surface area contributed by atoms with Gasteiger partial charge in [-0.2, -0.15) is 0 Å². The van der Waals surface area contributed by atoms with Gasteiger partial charge in [0.1, 0.15) is 5.75 Å². The first kappa shape index (κ1) is 13.5. The predicted octanol–water partition coefficient (Wildman–Crippen LogP) is 4.29. The number of nitrogens with two attached hydrogens (primary N) is 1. The maximum atomic E-state index is 5.94. The van der Waals surface area contributed by atoms with Crippen LogP contribution < -0.4 is 10.5 Å². The summed E-state index contributed by atoms with van der Waals surface area (Å²) in [7, 11) is 1.63. The Balaban J connectivity index is 2.19. The van der Waals surface area contributed by atoms with E-state index >= 15 is 0 Å². The SMILES string of the molecule is CCCCc1ccc(-c2ccc(OC)c(N)c2)cc1. The molecule has 0 amide bonds. The summed E-state index contributed by atoms with van der Waals surface area (Å²) in [5.74, 6) is 0.725. The van der Waals surface area contributed by atoms with Gasteiger partial charge < -0.3 is 10.5 Å². The van der Waals surface area contributed by atoms with Crippen molar-refractivity contribution in [1.82, 2.24) is 0 Å². The molecule has 0 atom stereocenters. The lowest BCUT2D eigenvalue weighted by molar-refractivity contribution is 0.417. The fourth-order valence-corrected chi connectivity index (χ4v) is 2.16. The number of rotatable bonds is 5. The number of anilines is 1. The summed E-state index contributed by atoms with van der Waals surface area (Å²) in [5, 5.41) is 0. The minimum Gasteiger partial charge on any atom is -0.495 e. The zero-order valence-corrected chi connectivity index (χ0v) is 11.6. The average molecular weight is 255 g/mol. The summed E-state index contributed by atoms with van der Waals surface area (Å²) < 4.78 is 5.17. The van der Waals surface area contributed by atoms with Crippen LogP contribution in [0.1, 0.15) is 25.3 Å². The van der Waals surface area contributed by atoms with Crippen molar-refractivity contribution in [2.24, 2.45) is 0 Å². The summed E-state index contributed by atoms with van der Waals surface area (Å²) in [6, 6.07) is 14.6. The largest absolute Gasteiger partial charge is 0.495 e. The average Bonchev–Trinajstić information content (AvgIpc) is 2.45. The zero-order chi connectivity index (χ0) is 13.7. The standard InChI is InChI=1S/C17H21NO/c1-3-4-5-13-6-8-14(9-7-13)15-10-11-17(19-2)16(18)12-15/h6-12H,3-5,18H2,1-2H3. The molecule has 0 saturated carbocycles.